The van der Waals surface area contributed by atoms with Gasteiger partial charge in [0.2, 0.25) is 0 Å². The summed E-state index contributed by atoms with van der Waals surface area (Å²) in [6.45, 7) is 0. The van der Waals surface area contributed by atoms with Crippen molar-refractivity contribution in [2.45, 2.75) is 5.03 Å². The van der Waals surface area contributed by atoms with Crippen LogP contribution in [0, 0.1) is 0 Å². The van der Waals surface area contributed by atoms with E-state index >= 15 is 0 Å². The van der Waals surface area contributed by atoms with Gasteiger partial charge in [0.25, 0.3) is 0 Å². The van der Waals surface area contributed by atoms with Crippen molar-refractivity contribution in [3.05, 3.63) is 21.7 Å². The van der Waals surface area contributed by atoms with Crippen molar-refractivity contribution in [3.63, 3.8) is 0 Å². The second-order valence-electron chi connectivity index (χ2n) is 1.56. The van der Waals surface area contributed by atoms with Crippen molar-refractivity contribution in [3.8, 4) is 0 Å². The van der Waals surface area contributed by atoms with E-state index in [2.05, 4.69) is 9.97 Å². The van der Waals surface area contributed by atoms with Crippen molar-refractivity contribution in [2.24, 2.45) is 0 Å². The zero-order valence-corrected chi connectivity index (χ0v) is 6.79. The Labute approximate surface area is 66.8 Å². The lowest BCUT2D eigenvalue weighted by atomic mass is 10.7. The number of aromatic amines is 1. The zero-order chi connectivity index (χ0) is 7.56. The van der Waals surface area contributed by atoms with E-state index in [9.17, 15) is 4.79 Å². The Hall–Kier alpha value is -0.480. The standard InChI is InChI=1S/C5H5ClN2OS/c1-10-4-3(6)2-7-5(9)8-4/h2H,1H3,(H,7,8,9). The van der Waals surface area contributed by atoms with E-state index in [0.29, 0.717) is 10.0 Å². The summed E-state index contributed by atoms with van der Waals surface area (Å²) in [6, 6.07) is 0. The van der Waals surface area contributed by atoms with Crippen LogP contribution in [0.15, 0.2) is 16.0 Å². The van der Waals surface area contributed by atoms with Crippen LogP contribution in [0.2, 0.25) is 5.02 Å². The number of hydrogen-bond acceptors (Lipinski definition) is 3. The van der Waals surface area contributed by atoms with Crippen LogP contribution in [0.25, 0.3) is 0 Å². The summed E-state index contributed by atoms with van der Waals surface area (Å²) in [5, 5.41) is 1.04. The predicted molar refractivity (Wildman–Crippen MR) is 41.6 cm³/mol. The third-order valence-corrected chi connectivity index (χ3v) is 2.02. The fraction of sp³-hybridized carbons (Fsp3) is 0.200. The number of nitrogens with zero attached hydrogens (tertiary/aromatic N) is 1. The molecule has 10 heavy (non-hydrogen) atoms. The molecule has 0 unspecified atom stereocenters. The topological polar surface area (TPSA) is 45.8 Å². The summed E-state index contributed by atoms with van der Waals surface area (Å²) in [5.74, 6) is 0. The molecule has 1 aromatic rings. The first-order valence-corrected chi connectivity index (χ1v) is 4.13. The number of halogens is 1. The van der Waals surface area contributed by atoms with Gasteiger partial charge in [-0.1, -0.05) is 11.6 Å². The van der Waals surface area contributed by atoms with Crippen LogP contribution in [-0.2, 0) is 0 Å². The summed E-state index contributed by atoms with van der Waals surface area (Å²) < 4.78 is 0. The van der Waals surface area contributed by atoms with E-state index in [0.717, 1.165) is 0 Å². The van der Waals surface area contributed by atoms with Gasteiger partial charge < -0.3 is 4.98 Å². The molecule has 0 saturated carbocycles. The highest BCUT2D eigenvalue weighted by atomic mass is 35.5. The van der Waals surface area contributed by atoms with Gasteiger partial charge in [0.05, 0.1) is 5.02 Å². The Kier molecular flexibility index (Phi) is 2.34. The molecule has 1 N–H and O–H groups in total. The fourth-order valence-corrected chi connectivity index (χ4v) is 1.26. The molecule has 0 amide bonds. The monoisotopic (exact) mass is 176 g/mol. The van der Waals surface area contributed by atoms with Crippen LogP contribution in [0.4, 0.5) is 0 Å². The molecular formula is C5H5ClN2OS. The Morgan fingerprint density at radius 3 is 3.00 bits per heavy atom. The van der Waals surface area contributed by atoms with Crippen molar-refractivity contribution in [1.82, 2.24) is 9.97 Å². The van der Waals surface area contributed by atoms with Gasteiger partial charge >= 0.3 is 5.69 Å². The maximum absolute atomic E-state index is 10.6. The maximum Gasteiger partial charge on any atom is 0.346 e. The van der Waals surface area contributed by atoms with Crippen LogP contribution in [0.5, 0.6) is 0 Å². The normalized spacial score (nSPS) is 9.80. The summed E-state index contributed by atoms with van der Waals surface area (Å²) in [7, 11) is 0. The second kappa shape index (κ2) is 3.07. The predicted octanol–water partition coefficient (Wildman–Crippen LogP) is 1.15. The molecule has 5 heteroatoms. The maximum atomic E-state index is 10.6. The largest absolute Gasteiger partial charge is 0.346 e. The van der Waals surface area contributed by atoms with E-state index < -0.39 is 0 Å². The minimum absolute atomic E-state index is 0.367. The number of hydrogen-bond donors (Lipinski definition) is 1. The van der Waals surface area contributed by atoms with Crippen LogP contribution < -0.4 is 5.69 Å². The molecule has 1 rings (SSSR count). The summed E-state index contributed by atoms with van der Waals surface area (Å²) in [6.07, 6.45) is 3.25. The van der Waals surface area contributed by atoms with Crippen molar-refractivity contribution < 1.29 is 0 Å². The van der Waals surface area contributed by atoms with E-state index in [-0.39, 0.29) is 5.69 Å². The molecule has 0 radical (unpaired) electrons. The molecule has 0 saturated heterocycles. The highest BCUT2D eigenvalue weighted by Crippen LogP contribution is 2.18. The number of nitrogens with one attached hydrogen (secondary N) is 1. The number of thioether (sulfide) groups is 1. The first-order valence-electron chi connectivity index (χ1n) is 2.53. The molecule has 0 bridgehead atoms. The average molecular weight is 177 g/mol. The summed E-state index contributed by atoms with van der Waals surface area (Å²) in [4.78, 5) is 16.5. The lowest BCUT2D eigenvalue weighted by molar-refractivity contribution is 0.981. The van der Waals surface area contributed by atoms with Gasteiger partial charge in [0.1, 0.15) is 5.03 Å². The number of aromatic nitrogens is 2. The quantitative estimate of drug-likeness (QED) is 0.516. The summed E-state index contributed by atoms with van der Waals surface area (Å²) >= 11 is 6.99. The van der Waals surface area contributed by atoms with Gasteiger partial charge in [-0.2, -0.15) is 4.98 Å². The van der Waals surface area contributed by atoms with Crippen molar-refractivity contribution in [1.29, 1.82) is 0 Å². The molecule has 0 aliphatic heterocycles. The van der Waals surface area contributed by atoms with Gasteiger partial charge in [-0.15, -0.1) is 11.8 Å². The Morgan fingerprint density at radius 1 is 1.80 bits per heavy atom. The molecule has 0 aromatic carbocycles. The van der Waals surface area contributed by atoms with Gasteiger partial charge in [-0.3, -0.25) is 0 Å². The molecule has 0 fully saturated rings. The Morgan fingerprint density at radius 2 is 2.50 bits per heavy atom. The van der Waals surface area contributed by atoms with E-state index in [1.807, 2.05) is 6.26 Å². The van der Waals surface area contributed by atoms with Gasteiger partial charge in [-0.25, -0.2) is 4.79 Å². The SMILES string of the molecule is CSc1nc(=O)[nH]cc1Cl. The third-order valence-electron chi connectivity index (χ3n) is 0.923. The van der Waals surface area contributed by atoms with Gasteiger partial charge in [-0.05, 0) is 6.26 Å². The fourth-order valence-electron chi connectivity index (χ4n) is 0.508. The zero-order valence-electron chi connectivity index (χ0n) is 5.22. The molecule has 0 atom stereocenters. The Bertz CT molecular complexity index is 285. The highest BCUT2D eigenvalue weighted by Gasteiger charge is 1.98. The first-order chi connectivity index (χ1) is 4.74. The van der Waals surface area contributed by atoms with Crippen molar-refractivity contribution >= 4 is 23.4 Å². The molecule has 54 valence electrons. The smallest absolute Gasteiger partial charge is 0.311 e. The van der Waals surface area contributed by atoms with Crippen molar-refractivity contribution in [2.75, 3.05) is 6.26 Å². The Balaban J connectivity index is 3.22. The van der Waals surface area contributed by atoms with E-state index in [1.165, 1.54) is 18.0 Å². The molecule has 0 aliphatic rings. The summed E-state index contributed by atoms with van der Waals surface area (Å²) in [5.41, 5.74) is -0.367. The molecule has 0 spiro atoms. The lowest BCUT2D eigenvalue weighted by Crippen LogP contribution is -2.09. The lowest BCUT2D eigenvalue weighted by Gasteiger charge is -1.94. The second-order valence-corrected chi connectivity index (χ2v) is 2.76. The molecule has 3 nitrogen and oxygen atoms in total. The van der Waals surface area contributed by atoms with E-state index in [1.54, 1.807) is 0 Å². The number of rotatable bonds is 1. The van der Waals surface area contributed by atoms with Crippen LogP contribution >= 0.6 is 23.4 Å². The molecule has 0 aliphatic carbocycles. The van der Waals surface area contributed by atoms with Crippen LogP contribution in [0.1, 0.15) is 0 Å². The number of H-pyrrole nitrogens is 1. The van der Waals surface area contributed by atoms with Gasteiger partial charge in [0, 0.05) is 6.20 Å². The molecule has 1 aromatic heterocycles. The minimum Gasteiger partial charge on any atom is -0.311 e. The van der Waals surface area contributed by atoms with Crippen LogP contribution in [0.3, 0.4) is 0 Å². The average Bonchev–Trinajstić information content (AvgIpc) is 1.94. The first kappa shape index (κ1) is 7.63. The third kappa shape index (κ3) is 1.52. The van der Waals surface area contributed by atoms with Crippen LogP contribution in [-0.4, -0.2) is 16.2 Å². The van der Waals surface area contributed by atoms with Gasteiger partial charge in [0.15, 0.2) is 0 Å². The minimum atomic E-state index is -0.367. The molecule has 1 heterocycles. The van der Waals surface area contributed by atoms with E-state index in [4.69, 9.17) is 11.6 Å². The highest BCUT2D eigenvalue weighted by molar-refractivity contribution is 7.98. The molecular weight excluding hydrogens is 172 g/mol.